The van der Waals surface area contributed by atoms with Crippen molar-refractivity contribution in [3.05, 3.63) is 77.6 Å². The van der Waals surface area contributed by atoms with Crippen molar-refractivity contribution in [3.63, 3.8) is 0 Å². The van der Waals surface area contributed by atoms with Crippen molar-refractivity contribution in [3.8, 4) is 11.3 Å². The number of carbonyl (C=O) groups is 1. The number of nitrogens with zero attached hydrogens (tertiary/aromatic N) is 5. The molecule has 0 radical (unpaired) electrons. The molecule has 11 heteroatoms. The van der Waals surface area contributed by atoms with Crippen LogP contribution in [0.2, 0.25) is 0 Å². The van der Waals surface area contributed by atoms with E-state index in [9.17, 15) is 9.18 Å². The third-order valence-corrected chi connectivity index (χ3v) is 6.19. The predicted octanol–water partition coefficient (Wildman–Crippen LogP) is 4.27. The number of amides is 1. The quantitative estimate of drug-likeness (QED) is 0.310. The van der Waals surface area contributed by atoms with E-state index in [1.807, 2.05) is 19.1 Å². The van der Waals surface area contributed by atoms with Gasteiger partial charge in [-0.3, -0.25) is 14.8 Å². The molecule has 2 N–H and O–H groups in total. The number of aromatic nitrogens is 5. The molecule has 0 unspecified atom stereocenters. The van der Waals surface area contributed by atoms with Crippen molar-refractivity contribution >= 4 is 28.3 Å². The van der Waals surface area contributed by atoms with Crippen LogP contribution >= 0.6 is 0 Å². The zero-order valence-corrected chi connectivity index (χ0v) is 20.3. The van der Waals surface area contributed by atoms with Gasteiger partial charge in [-0.25, -0.2) is 18.3 Å². The number of anilines is 1. The number of pyridine rings is 2. The van der Waals surface area contributed by atoms with E-state index >= 15 is 4.39 Å². The molecule has 0 spiro atoms. The van der Waals surface area contributed by atoms with Gasteiger partial charge in [0.15, 0.2) is 17.3 Å². The zero-order valence-electron chi connectivity index (χ0n) is 20.3. The Bertz CT molecular complexity index is 1580. The molecule has 1 aromatic carbocycles. The predicted molar refractivity (Wildman–Crippen MR) is 135 cm³/mol. The topological polar surface area (TPSA) is 100 Å². The Morgan fingerprint density at radius 3 is 2.86 bits per heavy atom. The second kappa shape index (κ2) is 10.4. The van der Waals surface area contributed by atoms with Gasteiger partial charge in [0.05, 0.1) is 23.7 Å². The maximum absolute atomic E-state index is 15.2. The van der Waals surface area contributed by atoms with Crippen LogP contribution in [-0.4, -0.2) is 62.4 Å². The second-order valence-corrected chi connectivity index (χ2v) is 8.49. The first-order valence-electron chi connectivity index (χ1n) is 11.8. The number of rotatable bonds is 9. The van der Waals surface area contributed by atoms with Crippen LogP contribution < -0.4 is 5.32 Å². The number of H-pyrrole nitrogens is 1. The highest BCUT2D eigenvalue weighted by molar-refractivity contribution is 6.08. The Morgan fingerprint density at radius 2 is 2.05 bits per heavy atom. The highest BCUT2D eigenvalue weighted by Crippen LogP contribution is 2.30. The number of hydrogen-bond acceptors (Lipinski definition) is 6. The van der Waals surface area contributed by atoms with Crippen LogP contribution in [0, 0.1) is 11.6 Å². The minimum Gasteiger partial charge on any atom is -0.383 e. The summed E-state index contributed by atoms with van der Waals surface area (Å²) in [5, 5.41) is 14.1. The Balaban J connectivity index is 1.43. The van der Waals surface area contributed by atoms with Crippen LogP contribution in [0.25, 0.3) is 27.8 Å². The highest BCUT2D eigenvalue weighted by Gasteiger charge is 2.20. The summed E-state index contributed by atoms with van der Waals surface area (Å²) in [6.07, 6.45) is 2.87. The van der Waals surface area contributed by atoms with E-state index < -0.39 is 11.6 Å². The van der Waals surface area contributed by atoms with E-state index in [-0.39, 0.29) is 23.1 Å². The van der Waals surface area contributed by atoms with Crippen molar-refractivity contribution in [2.24, 2.45) is 0 Å². The molecule has 0 saturated heterocycles. The molecule has 5 aromatic rings. The molecular weight excluding hydrogens is 480 g/mol. The number of aromatic amines is 1. The summed E-state index contributed by atoms with van der Waals surface area (Å²) in [6.45, 7) is 4.75. The highest BCUT2D eigenvalue weighted by atomic mass is 19.1. The molecule has 0 atom stereocenters. The van der Waals surface area contributed by atoms with Gasteiger partial charge in [-0.1, -0.05) is 25.1 Å². The normalized spacial score (nSPS) is 11.6. The molecule has 9 nitrogen and oxygen atoms in total. The number of benzene rings is 1. The minimum atomic E-state index is -0.652. The lowest BCUT2D eigenvalue weighted by Crippen LogP contribution is -2.28. The number of hydrogen-bond donors (Lipinski definition) is 2. The van der Waals surface area contributed by atoms with Crippen molar-refractivity contribution in [1.82, 2.24) is 29.7 Å². The van der Waals surface area contributed by atoms with Gasteiger partial charge in [-0.2, -0.15) is 10.2 Å². The van der Waals surface area contributed by atoms with Gasteiger partial charge in [-0.15, -0.1) is 0 Å². The molecule has 0 aliphatic rings. The van der Waals surface area contributed by atoms with E-state index in [4.69, 9.17) is 4.74 Å². The van der Waals surface area contributed by atoms with Crippen LogP contribution in [0.1, 0.15) is 22.8 Å². The number of fused-ring (bicyclic) bond motifs is 2. The molecule has 0 bridgehead atoms. The van der Waals surface area contributed by atoms with Crippen molar-refractivity contribution in [2.45, 2.75) is 13.5 Å². The summed E-state index contributed by atoms with van der Waals surface area (Å²) in [7, 11) is 1.65. The number of likely N-dealkylation sites (N-methyl/N-ethyl adjacent to an activating group) is 1. The van der Waals surface area contributed by atoms with E-state index in [2.05, 4.69) is 30.5 Å². The smallest absolute Gasteiger partial charge is 0.257 e. The Kier molecular flexibility index (Phi) is 6.89. The van der Waals surface area contributed by atoms with Gasteiger partial charge < -0.3 is 10.1 Å². The number of halogens is 2. The fourth-order valence-corrected chi connectivity index (χ4v) is 4.21. The first-order valence-corrected chi connectivity index (χ1v) is 11.8. The summed E-state index contributed by atoms with van der Waals surface area (Å²) >= 11 is 0. The molecular formula is C26H25F2N7O2. The SMILES string of the molecule is CCN(CCOC)Cc1ccccc1C(=O)Nc1n[nH]c2nc(-c3cnn4ccc(F)cc34)c(F)cc12. The molecule has 0 aliphatic carbocycles. The monoisotopic (exact) mass is 505 g/mol. The third-order valence-electron chi connectivity index (χ3n) is 6.19. The number of carbonyl (C=O) groups excluding carboxylic acids is 1. The van der Waals surface area contributed by atoms with Crippen LogP contribution in [0.4, 0.5) is 14.6 Å². The van der Waals surface area contributed by atoms with Crippen molar-refractivity contribution in [1.29, 1.82) is 0 Å². The number of methoxy groups -OCH3 is 1. The van der Waals surface area contributed by atoms with Crippen molar-refractivity contribution < 1.29 is 18.3 Å². The van der Waals surface area contributed by atoms with Gasteiger partial charge in [0.2, 0.25) is 0 Å². The first kappa shape index (κ1) is 24.5. The van der Waals surface area contributed by atoms with Crippen LogP contribution in [0.5, 0.6) is 0 Å². The standard InChI is InChI=1S/C26H25F2N7O2/c1-3-34(10-11-37-2)15-16-6-4-5-7-18(16)26(36)31-25-19-13-21(28)23(30-24(19)32-33-25)20-14-29-35-9-8-17(27)12-22(20)35/h4-9,12-14H,3,10-11,15H2,1-2H3,(H2,30,31,32,33,36). The summed E-state index contributed by atoms with van der Waals surface area (Å²) in [4.78, 5) is 19.7. The van der Waals surface area contributed by atoms with Gasteiger partial charge >= 0.3 is 0 Å². The van der Waals surface area contributed by atoms with Gasteiger partial charge in [-0.05, 0) is 30.3 Å². The lowest BCUT2D eigenvalue weighted by atomic mass is 10.1. The summed E-state index contributed by atoms with van der Waals surface area (Å²) < 4.78 is 35.6. The van der Waals surface area contributed by atoms with Crippen LogP contribution in [-0.2, 0) is 11.3 Å². The molecule has 0 saturated carbocycles. The molecule has 4 heterocycles. The summed E-state index contributed by atoms with van der Waals surface area (Å²) in [5.74, 6) is -1.33. The summed E-state index contributed by atoms with van der Waals surface area (Å²) in [6, 6.07) is 11.1. The number of ether oxygens (including phenoxy) is 1. The lowest BCUT2D eigenvalue weighted by Gasteiger charge is -2.21. The molecule has 37 heavy (non-hydrogen) atoms. The Hall–Kier alpha value is -4.22. The molecule has 190 valence electrons. The minimum absolute atomic E-state index is 0.00399. The van der Waals surface area contributed by atoms with E-state index in [0.717, 1.165) is 18.7 Å². The number of nitrogens with one attached hydrogen (secondary N) is 2. The van der Waals surface area contributed by atoms with Gasteiger partial charge in [0.25, 0.3) is 5.91 Å². The average molecular weight is 506 g/mol. The molecule has 0 fully saturated rings. The fourth-order valence-electron chi connectivity index (χ4n) is 4.21. The lowest BCUT2D eigenvalue weighted by molar-refractivity contribution is 0.102. The first-order chi connectivity index (χ1) is 18.0. The molecule has 0 aliphatic heterocycles. The van der Waals surface area contributed by atoms with Gasteiger partial charge in [0, 0.05) is 43.6 Å². The van der Waals surface area contributed by atoms with Crippen LogP contribution in [0.15, 0.2) is 54.9 Å². The molecule has 5 rings (SSSR count). The average Bonchev–Trinajstić information content (AvgIpc) is 3.49. The Labute approximate surface area is 211 Å². The van der Waals surface area contributed by atoms with Gasteiger partial charge in [0.1, 0.15) is 11.5 Å². The van der Waals surface area contributed by atoms with Crippen molar-refractivity contribution in [2.75, 3.05) is 32.1 Å². The summed E-state index contributed by atoms with van der Waals surface area (Å²) in [5.41, 5.74) is 2.32. The maximum atomic E-state index is 15.2. The van der Waals surface area contributed by atoms with Crippen LogP contribution in [0.3, 0.4) is 0 Å². The fraction of sp³-hybridized carbons (Fsp3) is 0.231. The zero-order chi connectivity index (χ0) is 25.9. The largest absolute Gasteiger partial charge is 0.383 e. The maximum Gasteiger partial charge on any atom is 0.257 e. The Morgan fingerprint density at radius 1 is 1.22 bits per heavy atom. The van der Waals surface area contributed by atoms with E-state index in [1.165, 1.54) is 35.1 Å². The second-order valence-electron chi connectivity index (χ2n) is 8.49. The third kappa shape index (κ3) is 4.91. The molecule has 1 amide bonds. The van der Waals surface area contributed by atoms with E-state index in [1.54, 1.807) is 19.2 Å². The van der Waals surface area contributed by atoms with E-state index in [0.29, 0.717) is 35.2 Å². The molecule has 4 aromatic heterocycles.